The van der Waals surface area contributed by atoms with Crippen LogP contribution in [0, 0.1) is 4.91 Å². The van der Waals surface area contributed by atoms with Gasteiger partial charge in [0.05, 0.1) is 18.0 Å². The summed E-state index contributed by atoms with van der Waals surface area (Å²) in [5.41, 5.74) is 0.287. The Bertz CT molecular complexity index is 1060. The second-order valence-corrected chi connectivity index (χ2v) is 10.1. The van der Waals surface area contributed by atoms with E-state index in [0.29, 0.717) is 24.5 Å². The van der Waals surface area contributed by atoms with Crippen molar-refractivity contribution in [1.29, 1.82) is 0 Å². The van der Waals surface area contributed by atoms with Gasteiger partial charge < -0.3 is 19.7 Å². The molecule has 1 aromatic carbocycles. The van der Waals surface area contributed by atoms with Gasteiger partial charge >= 0.3 is 7.52 Å². The van der Waals surface area contributed by atoms with Gasteiger partial charge in [-0.2, -0.15) is 0 Å². The number of amides is 1. The van der Waals surface area contributed by atoms with Crippen LogP contribution in [0.5, 0.6) is 11.5 Å². The monoisotopic (exact) mass is 603 g/mol. The van der Waals surface area contributed by atoms with Gasteiger partial charge in [-0.25, -0.2) is 4.98 Å². The first kappa shape index (κ1) is 27.0. The molecule has 2 N–H and O–H groups in total. The maximum absolute atomic E-state index is 12.8. The van der Waals surface area contributed by atoms with E-state index in [4.69, 9.17) is 9.47 Å². The van der Waals surface area contributed by atoms with Crippen molar-refractivity contribution in [2.75, 3.05) is 11.9 Å². The zero-order chi connectivity index (χ0) is 24.3. The number of anilines is 1. The quantitative estimate of drug-likeness (QED) is 0.139. The number of carbonyl (C=O) groups excluding carboxylic acids is 1. The van der Waals surface area contributed by atoms with Gasteiger partial charge in [-0.3, -0.25) is 9.36 Å². The highest BCUT2D eigenvalue weighted by molar-refractivity contribution is 14.1. The number of benzene rings is 1. The largest absolute Gasteiger partial charge is 0.493 e. The Balaban J connectivity index is 2.12. The van der Waals surface area contributed by atoms with Crippen molar-refractivity contribution in [3.8, 4) is 11.5 Å². The van der Waals surface area contributed by atoms with Gasteiger partial charge in [0.1, 0.15) is 17.3 Å². The SMILES string of the molecule is CC(C)Oc1cc(OCC/C=C/S/C=C\I)cc(C(=O)Nc2ccc(P(=O)(O)N=O)cn2)c1. The number of rotatable bonds is 12. The zero-order valence-electron chi connectivity index (χ0n) is 17.9. The molecule has 0 bridgehead atoms. The number of pyridine rings is 1. The van der Waals surface area contributed by atoms with Gasteiger partial charge in [-0.1, -0.05) is 28.7 Å². The Morgan fingerprint density at radius 1 is 1.30 bits per heavy atom. The van der Waals surface area contributed by atoms with Crippen LogP contribution >= 0.6 is 41.9 Å². The number of nitrogens with zero attached hydrogens (tertiary/aromatic N) is 2. The fourth-order valence-corrected chi connectivity index (χ4v) is 3.91. The van der Waals surface area contributed by atoms with E-state index >= 15 is 0 Å². The summed E-state index contributed by atoms with van der Waals surface area (Å²) in [5.74, 6) is 0.618. The van der Waals surface area contributed by atoms with Crippen molar-refractivity contribution in [2.45, 2.75) is 26.4 Å². The molecule has 0 saturated heterocycles. The minimum Gasteiger partial charge on any atom is -0.493 e. The number of hydrogen-bond donors (Lipinski definition) is 2. The first-order chi connectivity index (χ1) is 15.7. The molecule has 9 nitrogen and oxygen atoms in total. The molecule has 1 heterocycles. The van der Waals surface area contributed by atoms with Crippen molar-refractivity contribution < 1.29 is 23.7 Å². The third-order valence-electron chi connectivity index (χ3n) is 3.81. The van der Waals surface area contributed by atoms with E-state index < -0.39 is 13.4 Å². The molecule has 0 aliphatic heterocycles. The molecule has 2 rings (SSSR count). The summed E-state index contributed by atoms with van der Waals surface area (Å²) >= 11 is 3.72. The number of aromatic nitrogens is 1. The van der Waals surface area contributed by atoms with Gasteiger partial charge in [0.2, 0.25) is 0 Å². The third-order valence-corrected chi connectivity index (χ3v) is 6.46. The molecule has 1 unspecified atom stereocenters. The van der Waals surface area contributed by atoms with E-state index in [9.17, 15) is 19.2 Å². The van der Waals surface area contributed by atoms with Crippen molar-refractivity contribution in [3.05, 3.63) is 68.0 Å². The summed E-state index contributed by atoms with van der Waals surface area (Å²) in [6.07, 6.45) is 3.60. The Morgan fingerprint density at radius 3 is 2.70 bits per heavy atom. The van der Waals surface area contributed by atoms with Crippen molar-refractivity contribution in [2.24, 2.45) is 4.95 Å². The number of carbonyl (C=O) groups is 1. The fraction of sp³-hybridized carbons (Fsp3) is 0.238. The smallest absolute Gasteiger partial charge is 0.381 e. The molecule has 1 amide bonds. The average Bonchev–Trinajstić information content (AvgIpc) is 2.78. The molecule has 2 aromatic rings. The van der Waals surface area contributed by atoms with Crippen LogP contribution in [-0.4, -0.2) is 28.5 Å². The standard InChI is InChI=1S/C21H23IN3O6PS/c1-15(2)31-18-12-16(11-17(13-18)30-8-3-4-9-33-10-7-22)21(26)24-20-6-5-19(14-23-20)32(28,29)25-27/h4-7,9-15H,3,8H2,1-2H3,(H,28,29)(H,23,24,26)/b9-4+,10-7-. The fourth-order valence-electron chi connectivity index (χ4n) is 2.44. The molecule has 12 heteroatoms. The first-order valence-electron chi connectivity index (χ1n) is 9.71. The van der Waals surface area contributed by atoms with E-state index in [2.05, 4.69) is 37.8 Å². The summed E-state index contributed by atoms with van der Waals surface area (Å²) < 4.78 is 25.0. The molecule has 1 atom stereocenters. The van der Waals surface area contributed by atoms with E-state index in [1.54, 1.807) is 30.0 Å². The highest BCUT2D eigenvalue weighted by Gasteiger charge is 2.22. The van der Waals surface area contributed by atoms with Gasteiger partial charge in [-0.05, 0) is 53.0 Å². The highest BCUT2D eigenvalue weighted by atomic mass is 127. The van der Waals surface area contributed by atoms with E-state index in [-0.39, 0.29) is 22.8 Å². The summed E-state index contributed by atoms with van der Waals surface area (Å²) in [6.45, 7) is 4.17. The molecule has 0 radical (unpaired) electrons. The number of thioether (sulfide) groups is 1. The normalized spacial score (nSPS) is 13.2. The predicted molar refractivity (Wildman–Crippen MR) is 140 cm³/mol. The lowest BCUT2D eigenvalue weighted by Crippen LogP contribution is -2.15. The van der Waals surface area contributed by atoms with Crippen LogP contribution in [0.2, 0.25) is 0 Å². The Kier molecular flexibility index (Phi) is 11.0. The number of nitroso groups, excluding NO2 is 1. The van der Waals surface area contributed by atoms with Gasteiger partial charge in [0, 0.05) is 29.2 Å². The van der Waals surface area contributed by atoms with Crippen LogP contribution in [0.25, 0.3) is 0 Å². The number of ether oxygens (including phenoxy) is 2. The lowest BCUT2D eigenvalue weighted by molar-refractivity contribution is 0.102. The molecule has 33 heavy (non-hydrogen) atoms. The molecule has 0 fully saturated rings. The molecule has 0 spiro atoms. The summed E-state index contributed by atoms with van der Waals surface area (Å²) in [4.78, 5) is 38.8. The lowest BCUT2D eigenvalue weighted by Gasteiger charge is -2.14. The molecular formula is C21H23IN3O6PS. The topological polar surface area (TPSA) is 127 Å². The van der Waals surface area contributed by atoms with Crippen molar-refractivity contribution in [1.82, 2.24) is 4.98 Å². The molecule has 176 valence electrons. The Hall–Kier alpha value is -2.21. The van der Waals surface area contributed by atoms with Gasteiger partial charge in [-0.15, -0.1) is 16.7 Å². The van der Waals surface area contributed by atoms with Crippen LogP contribution in [0.15, 0.2) is 62.5 Å². The zero-order valence-corrected chi connectivity index (χ0v) is 21.7. The minimum absolute atomic E-state index is 0.100. The maximum Gasteiger partial charge on any atom is 0.381 e. The van der Waals surface area contributed by atoms with E-state index in [1.165, 1.54) is 12.1 Å². The van der Waals surface area contributed by atoms with Crippen LogP contribution in [0.3, 0.4) is 0 Å². The van der Waals surface area contributed by atoms with Crippen LogP contribution in [-0.2, 0) is 4.57 Å². The van der Waals surface area contributed by atoms with Crippen LogP contribution < -0.4 is 20.1 Å². The first-order valence-corrected chi connectivity index (χ1v) is 13.5. The Morgan fingerprint density at radius 2 is 2.06 bits per heavy atom. The maximum atomic E-state index is 12.8. The highest BCUT2D eigenvalue weighted by Crippen LogP contribution is 2.40. The van der Waals surface area contributed by atoms with E-state index in [1.807, 2.05) is 34.8 Å². The Labute approximate surface area is 209 Å². The lowest BCUT2D eigenvalue weighted by atomic mass is 10.2. The van der Waals surface area contributed by atoms with Gasteiger partial charge in [0.25, 0.3) is 5.91 Å². The third kappa shape index (κ3) is 9.28. The second-order valence-electron chi connectivity index (χ2n) is 6.75. The summed E-state index contributed by atoms with van der Waals surface area (Å²) in [6, 6.07) is 7.41. The predicted octanol–water partition coefficient (Wildman–Crippen LogP) is 5.62. The molecular weight excluding hydrogens is 580 g/mol. The average molecular weight is 603 g/mol. The summed E-state index contributed by atoms with van der Waals surface area (Å²) in [5, 5.41) is 6.30. The molecule has 0 aliphatic rings. The van der Waals surface area contributed by atoms with Gasteiger partial charge in [0.15, 0.2) is 0 Å². The number of hydrogen-bond acceptors (Lipinski definition) is 7. The second kappa shape index (κ2) is 13.5. The van der Waals surface area contributed by atoms with E-state index in [0.717, 1.165) is 6.20 Å². The number of nitrogens with one attached hydrogen (secondary N) is 1. The molecule has 0 saturated carbocycles. The van der Waals surface area contributed by atoms with Crippen LogP contribution in [0.4, 0.5) is 5.82 Å². The number of halogens is 1. The summed E-state index contributed by atoms with van der Waals surface area (Å²) in [7, 11) is -4.34. The molecule has 0 aliphatic carbocycles. The van der Waals surface area contributed by atoms with Crippen molar-refractivity contribution >= 4 is 58.9 Å². The molecule has 1 aromatic heterocycles. The van der Waals surface area contributed by atoms with Crippen LogP contribution in [0.1, 0.15) is 30.6 Å². The van der Waals surface area contributed by atoms with Crippen molar-refractivity contribution in [3.63, 3.8) is 0 Å². The minimum atomic E-state index is -4.34.